The minimum atomic E-state index is -3.45. The van der Waals surface area contributed by atoms with Gasteiger partial charge in [-0.05, 0) is 30.0 Å². The molecule has 0 aliphatic carbocycles. The van der Waals surface area contributed by atoms with E-state index in [2.05, 4.69) is 4.72 Å². The number of carbonyl (C=O) groups is 1. The first-order valence-corrected chi connectivity index (χ1v) is 7.71. The van der Waals surface area contributed by atoms with E-state index < -0.39 is 21.3 Å². The van der Waals surface area contributed by atoms with Crippen molar-refractivity contribution in [2.75, 3.05) is 5.75 Å². The summed E-state index contributed by atoms with van der Waals surface area (Å²) in [6, 6.07) is 8.23. The van der Waals surface area contributed by atoms with Gasteiger partial charge in [0.25, 0.3) is 0 Å². The zero-order valence-electron chi connectivity index (χ0n) is 10.1. The van der Waals surface area contributed by atoms with Crippen LogP contribution in [0.4, 0.5) is 0 Å². The van der Waals surface area contributed by atoms with Crippen molar-refractivity contribution < 1.29 is 13.2 Å². The number of benzene rings is 1. The van der Waals surface area contributed by atoms with Gasteiger partial charge in [-0.3, -0.25) is 4.79 Å². The molecule has 6 heteroatoms. The molecule has 0 aromatic heterocycles. The maximum Gasteiger partial charge on any atom is 0.239 e. The zero-order chi connectivity index (χ0) is 13.6. The van der Waals surface area contributed by atoms with Gasteiger partial charge in [0.15, 0.2) is 0 Å². The fourth-order valence-electron chi connectivity index (χ4n) is 1.56. The largest absolute Gasteiger partial charge is 0.279 e. The molecule has 0 amide bonds. The number of halogens is 1. The Morgan fingerprint density at radius 1 is 1.33 bits per heavy atom. The number of rotatable bonds is 7. The van der Waals surface area contributed by atoms with E-state index in [9.17, 15) is 13.2 Å². The highest BCUT2D eigenvalue weighted by atomic mass is 35.5. The number of hydrogen-bond acceptors (Lipinski definition) is 3. The van der Waals surface area contributed by atoms with Gasteiger partial charge in [-0.15, -0.1) is 0 Å². The first-order chi connectivity index (χ1) is 8.44. The molecule has 1 atom stereocenters. The number of carbonyl (C=O) groups excluding carboxylic acids is 1. The molecule has 100 valence electrons. The van der Waals surface area contributed by atoms with Crippen LogP contribution >= 0.6 is 11.6 Å². The van der Waals surface area contributed by atoms with Gasteiger partial charge in [-0.1, -0.05) is 37.3 Å². The second kappa shape index (κ2) is 6.87. The van der Waals surface area contributed by atoms with Gasteiger partial charge >= 0.3 is 0 Å². The Morgan fingerprint density at radius 2 is 1.94 bits per heavy atom. The van der Waals surface area contributed by atoms with E-state index >= 15 is 0 Å². The predicted molar refractivity (Wildman–Crippen MR) is 72.0 cm³/mol. The van der Waals surface area contributed by atoms with E-state index in [0.29, 0.717) is 6.42 Å². The third kappa shape index (κ3) is 5.16. The van der Waals surface area contributed by atoms with Crippen LogP contribution in [-0.2, 0) is 21.2 Å². The molecule has 1 aromatic rings. The van der Waals surface area contributed by atoms with Crippen LogP contribution in [0.25, 0.3) is 0 Å². The average Bonchev–Trinajstić information content (AvgIpc) is 2.29. The van der Waals surface area contributed by atoms with E-state index in [4.69, 9.17) is 11.6 Å². The molecule has 0 saturated carbocycles. The van der Waals surface area contributed by atoms with E-state index in [1.807, 2.05) is 30.3 Å². The lowest BCUT2D eigenvalue weighted by Crippen LogP contribution is -2.41. The van der Waals surface area contributed by atoms with Crippen LogP contribution in [0.5, 0.6) is 0 Å². The Morgan fingerprint density at radius 3 is 2.44 bits per heavy atom. The quantitative estimate of drug-likeness (QED) is 0.777. The molecule has 0 bridgehead atoms. The highest BCUT2D eigenvalue weighted by molar-refractivity contribution is 7.89. The first-order valence-electron chi connectivity index (χ1n) is 5.68. The second-order valence-electron chi connectivity index (χ2n) is 3.98. The summed E-state index contributed by atoms with van der Waals surface area (Å²) in [6.45, 7) is 1.76. The van der Waals surface area contributed by atoms with Crippen LogP contribution in [0.2, 0.25) is 0 Å². The summed E-state index contributed by atoms with van der Waals surface area (Å²) >= 11 is 5.43. The zero-order valence-corrected chi connectivity index (χ0v) is 11.7. The molecule has 0 spiro atoms. The molecule has 0 saturated heterocycles. The van der Waals surface area contributed by atoms with Crippen molar-refractivity contribution in [3.05, 3.63) is 35.9 Å². The SMILES string of the molecule is CCCS(=O)(=O)NC(Cc1ccccc1)C(=O)Cl. The smallest absolute Gasteiger partial charge is 0.239 e. The van der Waals surface area contributed by atoms with Gasteiger partial charge in [0.05, 0.1) is 11.8 Å². The Bertz CT molecular complexity index is 487. The summed E-state index contributed by atoms with van der Waals surface area (Å²) < 4.78 is 25.6. The Hall–Kier alpha value is -0.910. The summed E-state index contributed by atoms with van der Waals surface area (Å²) in [6.07, 6.45) is 0.746. The highest BCUT2D eigenvalue weighted by Gasteiger charge is 2.22. The molecule has 0 fully saturated rings. The molecule has 1 aromatic carbocycles. The van der Waals surface area contributed by atoms with Crippen LogP contribution in [-0.4, -0.2) is 25.5 Å². The van der Waals surface area contributed by atoms with Gasteiger partial charge in [0.2, 0.25) is 15.3 Å². The van der Waals surface area contributed by atoms with Gasteiger partial charge < -0.3 is 0 Å². The Balaban J connectivity index is 2.76. The third-order valence-corrected chi connectivity index (χ3v) is 4.20. The predicted octanol–water partition coefficient (Wildman–Crippen LogP) is 1.69. The van der Waals surface area contributed by atoms with Gasteiger partial charge in [0.1, 0.15) is 0 Å². The van der Waals surface area contributed by atoms with Crippen LogP contribution in [0.1, 0.15) is 18.9 Å². The van der Waals surface area contributed by atoms with Gasteiger partial charge in [-0.25, -0.2) is 13.1 Å². The average molecular weight is 290 g/mol. The molecule has 18 heavy (non-hydrogen) atoms. The Labute approximate surface area is 112 Å². The van der Waals surface area contributed by atoms with Crippen molar-refractivity contribution in [1.82, 2.24) is 4.72 Å². The van der Waals surface area contributed by atoms with Crippen molar-refractivity contribution >= 4 is 26.9 Å². The molecule has 0 radical (unpaired) electrons. The van der Waals surface area contributed by atoms with Crippen LogP contribution in [0.15, 0.2) is 30.3 Å². The van der Waals surface area contributed by atoms with E-state index in [0.717, 1.165) is 5.56 Å². The van der Waals surface area contributed by atoms with Crippen molar-refractivity contribution in [3.8, 4) is 0 Å². The standard InChI is InChI=1S/C12H16ClNO3S/c1-2-8-18(16,17)14-11(12(13)15)9-10-6-4-3-5-7-10/h3-7,11,14H,2,8-9H2,1H3. The van der Waals surface area contributed by atoms with Crippen molar-refractivity contribution in [2.24, 2.45) is 0 Å². The van der Waals surface area contributed by atoms with E-state index in [-0.39, 0.29) is 12.2 Å². The molecule has 1 rings (SSSR count). The van der Waals surface area contributed by atoms with E-state index in [1.165, 1.54) is 0 Å². The summed E-state index contributed by atoms with van der Waals surface area (Å²) in [4.78, 5) is 11.3. The summed E-state index contributed by atoms with van der Waals surface area (Å²) in [5, 5.41) is -0.696. The topological polar surface area (TPSA) is 63.2 Å². The highest BCUT2D eigenvalue weighted by Crippen LogP contribution is 2.07. The Kier molecular flexibility index (Phi) is 5.78. The molecular formula is C12H16ClNO3S. The molecule has 0 aliphatic rings. The summed E-state index contributed by atoms with van der Waals surface area (Å²) in [5.74, 6) is -0.0114. The lowest BCUT2D eigenvalue weighted by Gasteiger charge is -2.14. The van der Waals surface area contributed by atoms with Crippen LogP contribution in [0.3, 0.4) is 0 Å². The molecular weight excluding hydrogens is 274 g/mol. The minimum absolute atomic E-state index is 0.0114. The molecule has 1 N–H and O–H groups in total. The first kappa shape index (κ1) is 15.1. The molecule has 0 aliphatic heterocycles. The molecule has 4 nitrogen and oxygen atoms in total. The monoisotopic (exact) mass is 289 g/mol. The normalized spacial score (nSPS) is 13.2. The fourth-order valence-corrected chi connectivity index (χ4v) is 3.04. The summed E-state index contributed by atoms with van der Waals surface area (Å²) in [7, 11) is -3.45. The fraction of sp³-hybridized carbons (Fsp3) is 0.417. The van der Waals surface area contributed by atoms with Crippen molar-refractivity contribution in [3.63, 3.8) is 0 Å². The van der Waals surface area contributed by atoms with Crippen molar-refractivity contribution in [2.45, 2.75) is 25.8 Å². The molecule has 0 heterocycles. The maximum atomic E-state index is 11.6. The second-order valence-corrected chi connectivity index (χ2v) is 6.23. The van der Waals surface area contributed by atoms with Gasteiger partial charge in [0, 0.05) is 0 Å². The van der Waals surface area contributed by atoms with Crippen LogP contribution in [0, 0.1) is 0 Å². The number of nitrogens with one attached hydrogen (secondary N) is 1. The number of hydrogen-bond donors (Lipinski definition) is 1. The number of sulfonamides is 1. The van der Waals surface area contributed by atoms with Gasteiger partial charge in [-0.2, -0.15) is 0 Å². The maximum absolute atomic E-state index is 11.6. The van der Waals surface area contributed by atoms with Crippen LogP contribution < -0.4 is 4.72 Å². The third-order valence-electron chi connectivity index (χ3n) is 2.35. The minimum Gasteiger partial charge on any atom is -0.279 e. The van der Waals surface area contributed by atoms with E-state index in [1.54, 1.807) is 6.92 Å². The lowest BCUT2D eigenvalue weighted by atomic mass is 10.1. The van der Waals surface area contributed by atoms with Crippen molar-refractivity contribution in [1.29, 1.82) is 0 Å². The summed E-state index contributed by atoms with van der Waals surface area (Å²) in [5.41, 5.74) is 0.857. The lowest BCUT2D eigenvalue weighted by molar-refractivity contribution is -0.113. The molecule has 1 unspecified atom stereocenters.